The average molecular weight is 317 g/mol. The van der Waals surface area contributed by atoms with E-state index in [1.54, 1.807) is 6.92 Å². The third-order valence-corrected chi connectivity index (χ3v) is 3.82. The Morgan fingerprint density at radius 2 is 2.05 bits per heavy atom. The molecular formula is C14H18F3N3S. The molecule has 1 aromatic rings. The van der Waals surface area contributed by atoms with Crippen LogP contribution in [0, 0.1) is 0 Å². The molecule has 0 radical (unpaired) electrons. The van der Waals surface area contributed by atoms with Crippen LogP contribution in [-0.4, -0.2) is 29.2 Å². The maximum Gasteiger partial charge on any atom is 0.405 e. The Labute approximate surface area is 127 Å². The van der Waals surface area contributed by atoms with E-state index in [1.807, 2.05) is 6.07 Å². The quantitative estimate of drug-likeness (QED) is 0.867. The van der Waals surface area contributed by atoms with E-state index in [1.165, 1.54) is 4.90 Å². The predicted molar refractivity (Wildman–Crippen MR) is 80.7 cm³/mol. The van der Waals surface area contributed by atoms with Gasteiger partial charge < -0.3 is 10.6 Å². The Kier molecular flexibility index (Phi) is 4.70. The van der Waals surface area contributed by atoms with Gasteiger partial charge in [-0.25, -0.2) is 4.98 Å². The van der Waals surface area contributed by atoms with Crippen LogP contribution in [0.5, 0.6) is 0 Å². The molecule has 0 spiro atoms. The summed E-state index contributed by atoms with van der Waals surface area (Å²) in [6.45, 7) is 0.808. The number of halogens is 3. The Bertz CT molecular complexity index is 543. The lowest BCUT2D eigenvalue weighted by molar-refractivity contribution is -0.119. The molecule has 1 aromatic heterocycles. The maximum atomic E-state index is 12.7. The molecule has 0 aromatic carbocycles. The van der Waals surface area contributed by atoms with Gasteiger partial charge in [0.2, 0.25) is 0 Å². The molecule has 1 aliphatic rings. The largest absolute Gasteiger partial charge is 0.405 e. The van der Waals surface area contributed by atoms with E-state index in [0.717, 1.165) is 36.9 Å². The highest BCUT2D eigenvalue weighted by molar-refractivity contribution is 7.80. The van der Waals surface area contributed by atoms with Gasteiger partial charge in [-0.3, -0.25) is 0 Å². The molecule has 3 nitrogen and oxygen atoms in total. The van der Waals surface area contributed by atoms with Crippen LogP contribution in [0.25, 0.3) is 0 Å². The molecule has 2 rings (SSSR count). The summed E-state index contributed by atoms with van der Waals surface area (Å²) in [6, 6.07) is 1.82. The first-order valence-electron chi connectivity index (χ1n) is 6.96. The molecule has 1 heterocycles. The van der Waals surface area contributed by atoms with E-state index >= 15 is 0 Å². The minimum absolute atomic E-state index is 0.0893. The van der Waals surface area contributed by atoms with Gasteiger partial charge in [0.05, 0.1) is 5.56 Å². The fourth-order valence-corrected chi connectivity index (χ4v) is 2.75. The van der Waals surface area contributed by atoms with Gasteiger partial charge in [-0.15, -0.1) is 0 Å². The van der Waals surface area contributed by atoms with Gasteiger partial charge in [0, 0.05) is 12.2 Å². The van der Waals surface area contributed by atoms with Crippen LogP contribution in [0.3, 0.4) is 0 Å². The zero-order valence-corrected chi connectivity index (χ0v) is 12.7. The lowest BCUT2D eigenvalue weighted by Gasteiger charge is -2.27. The highest BCUT2D eigenvalue weighted by Crippen LogP contribution is 2.28. The fourth-order valence-electron chi connectivity index (χ4n) is 2.60. The second-order valence-electron chi connectivity index (χ2n) is 5.17. The molecule has 116 valence electrons. The molecule has 21 heavy (non-hydrogen) atoms. The molecule has 0 amide bonds. The molecule has 0 atom stereocenters. The summed E-state index contributed by atoms with van der Waals surface area (Å²) in [4.78, 5) is 5.72. The molecular weight excluding hydrogens is 299 g/mol. The van der Waals surface area contributed by atoms with E-state index in [9.17, 15) is 13.2 Å². The van der Waals surface area contributed by atoms with Crippen LogP contribution in [0.15, 0.2) is 6.07 Å². The first-order valence-corrected chi connectivity index (χ1v) is 7.37. The number of rotatable bonds is 4. The number of nitrogens with zero attached hydrogens (tertiary/aromatic N) is 2. The predicted octanol–water partition coefficient (Wildman–Crippen LogP) is 2.98. The van der Waals surface area contributed by atoms with E-state index in [-0.39, 0.29) is 17.4 Å². The average Bonchev–Trinajstić information content (AvgIpc) is 2.42. The summed E-state index contributed by atoms with van der Waals surface area (Å²) in [5.74, 6) is 0.253. The van der Waals surface area contributed by atoms with Gasteiger partial charge in [0.15, 0.2) is 0 Å². The Morgan fingerprint density at radius 1 is 1.38 bits per heavy atom. The van der Waals surface area contributed by atoms with Crippen LogP contribution in [0.4, 0.5) is 19.0 Å². The molecule has 7 heteroatoms. The molecule has 0 saturated heterocycles. The number of hydrogen-bond donors (Lipinski definition) is 1. The summed E-state index contributed by atoms with van der Waals surface area (Å²) in [7, 11) is 0. The first-order chi connectivity index (χ1) is 9.81. The number of aromatic nitrogens is 1. The minimum atomic E-state index is -4.29. The van der Waals surface area contributed by atoms with Gasteiger partial charge in [-0.05, 0) is 44.2 Å². The van der Waals surface area contributed by atoms with Gasteiger partial charge in [0.1, 0.15) is 17.4 Å². The summed E-state index contributed by atoms with van der Waals surface area (Å²) in [5, 5.41) is 0. The number of pyridine rings is 1. The first kappa shape index (κ1) is 16.0. The molecule has 0 fully saturated rings. The smallest absolute Gasteiger partial charge is 0.389 e. The van der Waals surface area contributed by atoms with Crippen LogP contribution in [0.1, 0.15) is 36.6 Å². The molecule has 1 aliphatic carbocycles. The number of aryl methyl sites for hydroxylation is 2. The van der Waals surface area contributed by atoms with Crippen LogP contribution in [0.2, 0.25) is 0 Å². The lowest BCUT2D eigenvalue weighted by Crippen LogP contribution is -2.36. The fraction of sp³-hybridized carbons (Fsp3) is 0.571. The zero-order chi connectivity index (χ0) is 15.6. The second-order valence-corrected chi connectivity index (χ2v) is 5.61. The summed E-state index contributed by atoms with van der Waals surface area (Å²) >= 11 is 4.99. The second kappa shape index (κ2) is 6.17. The van der Waals surface area contributed by atoms with Crippen molar-refractivity contribution in [2.45, 2.75) is 38.8 Å². The van der Waals surface area contributed by atoms with Crippen molar-refractivity contribution < 1.29 is 13.2 Å². The van der Waals surface area contributed by atoms with Crippen molar-refractivity contribution in [2.24, 2.45) is 5.73 Å². The molecule has 2 N–H and O–H groups in total. The van der Waals surface area contributed by atoms with Crippen molar-refractivity contribution in [1.29, 1.82) is 0 Å². The topological polar surface area (TPSA) is 42.2 Å². The Morgan fingerprint density at radius 3 is 2.62 bits per heavy atom. The molecule has 0 unspecified atom stereocenters. The SMILES string of the molecule is CCN(CC(F)(F)F)c1nc2c(cc1C(N)=S)CCCC2. The van der Waals surface area contributed by atoms with Gasteiger partial charge in [-0.1, -0.05) is 12.2 Å². The number of nitrogens with two attached hydrogens (primary N) is 1. The van der Waals surface area contributed by atoms with Crippen molar-refractivity contribution in [3.63, 3.8) is 0 Å². The van der Waals surface area contributed by atoms with E-state index < -0.39 is 12.7 Å². The Hall–Kier alpha value is -1.37. The highest BCUT2D eigenvalue weighted by atomic mass is 32.1. The third-order valence-electron chi connectivity index (χ3n) is 3.60. The zero-order valence-electron chi connectivity index (χ0n) is 11.8. The van der Waals surface area contributed by atoms with Crippen molar-refractivity contribution in [3.8, 4) is 0 Å². The number of alkyl halides is 3. The van der Waals surface area contributed by atoms with Gasteiger partial charge >= 0.3 is 6.18 Å². The maximum absolute atomic E-state index is 12.7. The number of thiocarbonyl (C=S) groups is 1. The van der Waals surface area contributed by atoms with Gasteiger partial charge in [0.25, 0.3) is 0 Å². The lowest BCUT2D eigenvalue weighted by atomic mass is 9.94. The monoisotopic (exact) mass is 317 g/mol. The van der Waals surface area contributed by atoms with Crippen LogP contribution < -0.4 is 10.6 Å². The number of hydrogen-bond acceptors (Lipinski definition) is 3. The third kappa shape index (κ3) is 3.84. The summed E-state index contributed by atoms with van der Waals surface area (Å²) in [6.07, 6.45) is -0.545. The summed E-state index contributed by atoms with van der Waals surface area (Å²) < 4.78 is 38.2. The van der Waals surface area contributed by atoms with Crippen LogP contribution >= 0.6 is 12.2 Å². The van der Waals surface area contributed by atoms with Crippen molar-refractivity contribution >= 4 is 23.0 Å². The van der Waals surface area contributed by atoms with Crippen molar-refractivity contribution in [1.82, 2.24) is 4.98 Å². The Balaban J connectivity index is 2.46. The molecule has 0 aliphatic heterocycles. The molecule has 0 saturated carbocycles. The van der Waals surface area contributed by atoms with E-state index in [4.69, 9.17) is 18.0 Å². The standard InChI is InChI=1S/C14H18F3N3S/c1-2-20(8-14(15,16)17)13-10(12(18)21)7-9-5-3-4-6-11(9)19-13/h7H,2-6,8H2,1H3,(H2,18,21). The van der Waals surface area contributed by atoms with Crippen LogP contribution in [-0.2, 0) is 12.8 Å². The van der Waals surface area contributed by atoms with Gasteiger partial charge in [-0.2, -0.15) is 13.2 Å². The molecule has 0 bridgehead atoms. The number of fused-ring (bicyclic) bond motifs is 1. The van der Waals surface area contributed by atoms with Crippen molar-refractivity contribution in [2.75, 3.05) is 18.0 Å². The normalized spacial score (nSPS) is 14.7. The van der Waals surface area contributed by atoms with Crippen molar-refractivity contribution in [3.05, 3.63) is 22.9 Å². The highest BCUT2D eigenvalue weighted by Gasteiger charge is 2.32. The van der Waals surface area contributed by atoms with E-state index in [0.29, 0.717) is 5.56 Å². The minimum Gasteiger partial charge on any atom is -0.389 e. The van der Waals surface area contributed by atoms with E-state index in [2.05, 4.69) is 4.98 Å². The summed E-state index contributed by atoms with van der Waals surface area (Å²) in [5.41, 5.74) is 8.05. The number of anilines is 1.